The monoisotopic (exact) mass is 353 g/mol. The van der Waals surface area contributed by atoms with Crippen LogP contribution in [-0.2, 0) is 4.79 Å². The van der Waals surface area contributed by atoms with Crippen LogP contribution < -0.4 is 5.32 Å². The van der Waals surface area contributed by atoms with Crippen LogP contribution in [-0.4, -0.2) is 47.7 Å². The number of hydrogen-bond donors (Lipinski definition) is 1. The fourth-order valence-corrected chi connectivity index (χ4v) is 1.75. The fraction of sp³-hybridized carbons (Fsp3) is 0.889. The van der Waals surface area contributed by atoms with E-state index in [2.05, 4.69) is 0 Å². The average Bonchev–Trinajstić information content (AvgIpc) is 2.33. The predicted molar refractivity (Wildman–Crippen MR) is 47.3 cm³/mol. The molecular formula is C9H6F11NO. The van der Waals surface area contributed by atoms with Crippen LogP contribution in [0.1, 0.15) is 6.92 Å². The minimum absolute atomic E-state index is 0.438. The van der Waals surface area contributed by atoms with Gasteiger partial charge in [0, 0.05) is 6.92 Å². The summed E-state index contributed by atoms with van der Waals surface area (Å²) >= 11 is 0. The van der Waals surface area contributed by atoms with E-state index < -0.39 is 47.7 Å². The molecular weight excluding hydrogens is 347 g/mol. The van der Waals surface area contributed by atoms with Crippen molar-refractivity contribution in [2.24, 2.45) is 0 Å². The molecule has 0 spiro atoms. The Morgan fingerprint density at radius 1 is 0.682 bits per heavy atom. The SMILES string of the molecule is CC(=O)NCC1(F)C(F)(F)C(F)(F)C(F)(F)C(F)(F)C1(F)F. The third-order valence-electron chi connectivity index (χ3n) is 3.15. The maximum absolute atomic E-state index is 13.8. The summed E-state index contributed by atoms with van der Waals surface area (Å²) in [7, 11) is 0. The van der Waals surface area contributed by atoms with Crippen molar-refractivity contribution in [3.63, 3.8) is 0 Å². The van der Waals surface area contributed by atoms with E-state index in [-0.39, 0.29) is 0 Å². The molecule has 0 atom stereocenters. The van der Waals surface area contributed by atoms with E-state index in [1.165, 1.54) is 0 Å². The van der Waals surface area contributed by atoms with Crippen LogP contribution in [0.2, 0.25) is 0 Å². The molecule has 1 amide bonds. The van der Waals surface area contributed by atoms with Crippen LogP contribution in [0.5, 0.6) is 0 Å². The van der Waals surface area contributed by atoms with Gasteiger partial charge in [-0.2, -0.15) is 43.9 Å². The summed E-state index contributed by atoms with van der Waals surface area (Å²) in [4.78, 5) is 10.4. The van der Waals surface area contributed by atoms with Crippen molar-refractivity contribution in [1.82, 2.24) is 5.32 Å². The zero-order valence-electron chi connectivity index (χ0n) is 10.3. The lowest BCUT2D eigenvalue weighted by Gasteiger charge is -2.52. The maximum atomic E-state index is 13.8. The van der Waals surface area contributed by atoms with Crippen molar-refractivity contribution >= 4 is 5.91 Å². The van der Waals surface area contributed by atoms with Crippen molar-refractivity contribution in [1.29, 1.82) is 0 Å². The van der Waals surface area contributed by atoms with Crippen molar-refractivity contribution in [2.75, 3.05) is 6.54 Å². The number of halogens is 11. The van der Waals surface area contributed by atoms with Crippen molar-refractivity contribution in [2.45, 2.75) is 42.2 Å². The normalized spacial score (nSPS) is 29.6. The summed E-state index contributed by atoms with van der Waals surface area (Å²) in [6, 6.07) is 0. The molecule has 1 N–H and O–H groups in total. The molecule has 1 rings (SSSR count). The van der Waals surface area contributed by atoms with Crippen molar-refractivity contribution < 1.29 is 53.1 Å². The topological polar surface area (TPSA) is 29.1 Å². The van der Waals surface area contributed by atoms with Crippen LogP contribution in [0, 0.1) is 0 Å². The number of rotatable bonds is 2. The fourth-order valence-electron chi connectivity index (χ4n) is 1.75. The second-order valence-electron chi connectivity index (χ2n) is 4.58. The second-order valence-corrected chi connectivity index (χ2v) is 4.58. The highest BCUT2D eigenvalue weighted by molar-refractivity contribution is 5.73. The Morgan fingerprint density at radius 3 is 1.23 bits per heavy atom. The molecule has 1 aliphatic rings. The highest BCUT2D eigenvalue weighted by atomic mass is 19.4. The third-order valence-corrected chi connectivity index (χ3v) is 3.15. The molecule has 0 saturated heterocycles. The lowest BCUT2D eigenvalue weighted by molar-refractivity contribution is -0.483. The number of carbonyl (C=O) groups is 1. The third kappa shape index (κ3) is 1.70. The number of hydrogen-bond acceptors (Lipinski definition) is 1. The van der Waals surface area contributed by atoms with Gasteiger partial charge in [-0.15, -0.1) is 0 Å². The molecule has 0 aromatic rings. The Kier molecular flexibility index (Phi) is 3.72. The lowest BCUT2D eigenvalue weighted by atomic mass is 9.72. The molecule has 0 unspecified atom stereocenters. The molecule has 1 fully saturated rings. The first-order valence-corrected chi connectivity index (χ1v) is 5.24. The summed E-state index contributed by atoms with van der Waals surface area (Å²) in [5, 5.41) is 0.884. The molecule has 0 bridgehead atoms. The van der Waals surface area contributed by atoms with E-state index in [0.29, 0.717) is 6.92 Å². The minimum Gasteiger partial charge on any atom is -0.353 e. The highest BCUT2D eigenvalue weighted by Gasteiger charge is 3.00. The van der Waals surface area contributed by atoms with Gasteiger partial charge in [0.1, 0.15) is 0 Å². The Balaban J connectivity index is 3.65. The summed E-state index contributed by atoms with van der Waals surface area (Å²) in [6.45, 7) is -2.29. The Hall–Kier alpha value is -1.30. The van der Waals surface area contributed by atoms with Gasteiger partial charge in [-0.25, -0.2) is 4.39 Å². The second kappa shape index (κ2) is 4.37. The van der Waals surface area contributed by atoms with E-state index in [0.717, 1.165) is 5.32 Å². The van der Waals surface area contributed by atoms with E-state index in [9.17, 15) is 53.1 Å². The number of nitrogens with one attached hydrogen (secondary N) is 1. The van der Waals surface area contributed by atoms with Gasteiger partial charge in [-0.05, 0) is 0 Å². The molecule has 1 aliphatic carbocycles. The molecule has 130 valence electrons. The van der Waals surface area contributed by atoms with Crippen molar-refractivity contribution in [3.05, 3.63) is 0 Å². The molecule has 1 saturated carbocycles. The van der Waals surface area contributed by atoms with Crippen molar-refractivity contribution in [3.8, 4) is 0 Å². The van der Waals surface area contributed by atoms with Gasteiger partial charge >= 0.3 is 29.6 Å². The maximum Gasteiger partial charge on any atom is 0.384 e. The molecule has 13 heteroatoms. The van der Waals surface area contributed by atoms with E-state index in [1.54, 1.807) is 0 Å². The van der Waals surface area contributed by atoms with Crippen LogP contribution in [0.4, 0.5) is 48.3 Å². The van der Waals surface area contributed by atoms with E-state index in [4.69, 9.17) is 0 Å². The number of amides is 1. The quantitative estimate of drug-likeness (QED) is 0.760. The number of carbonyl (C=O) groups excluding carboxylic acids is 1. The molecule has 0 aliphatic heterocycles. The Morgan fingerprint density at radius 2 is 0.955 bits per heavy atom. The molecule has 0 aromatic heterocycles. The minimum atomic E-state index is -7.24. The van der Waals surface area contributed by atoms with Gasteiger partial charge < -0.3 is 5.32 Å². The van der Waals surface area contributed by atoms with Gasteiger partial charge in [0.25, 0.3) is 5.67 Å². The summed E-state index contributed by atoms with van der Waals surface area (Å²) in [6.07, 6.45) is 0. The lowest BCUT2D eigenvalue weighted by Crippen LogP contribution is -2.85. The van der Waals surface area contributed by atoms with Gasteiger partial charge in [-0.3, -0.25) is 4.79 Å². The highest BCUT2D eigenvalue weighted by Crippen LogP contribution is 2.69. The van der Waals surface area contributed by atoms with E-state index in [1.807, 2.05) is 0 Å². The molecule has 0 radical (unpaired) electrons. The van der Waals surface area contributed by atoms with Gasteiger partial charge in [-0.1, -0.05) is 0 Å². The van der Waals surface area contributed by atoms with Gasteiger partial charge in [0.05, 0.1) is 6.54 Å². The van der Waals surface area contributed by atoms with Crippen LogP contribution in [0.15, 0.2) is 0 Å². The first-order chi connectivity index (χ1) is 9.42. The zero-order valence-corrected chi connectivity index (χ0v) is 10.3. The first kappa shape index (κ1) is 18.7. The Bertz CT molecular complexity index is 456. The molecule has 2 nitrogen and oxygen atoms in total. The van der Waals surface area contributed by atoms with E-state index >= 15 is 0 Å². The molecule has 22 heavy (non-hydrogen) atoms. The van der Waals surface area contributed by atoms with Crippen LogP contribution in [0.25, 0.3) is 0 Å². The van der Waals surface area contributed by atoms with Gasteiger partial charge in [0.15, 0.2) is 0 Å². The summed E-state index contributed by atoms with van der Waals surface area (Å²) < 4.78 is 144. The molecule has 0 heterocycles. The smallest absolute Gasteiger partial charge is 0.353 e. The Labute approximate surface area is 114 Å². The summed E-state index contributed by atoms with van der Waals surface area (Å²) in [5.74, 6) is -36.9. The zero-order chi connectivity index (χ0) is 18.0. The molecule has 0 aromatic carbocycles. The largest absolute Gasteiger partial charge is 0.384 e. The standard InChI is InChI=1S/C9H6F11NO/c1-3(22)21-2-4(10)5(11,12)7(15,16)9(19,20)8(17,18)6(4,13)14/h2H2,1H3,(H,21,22). The van der Waals surface area contributed by atoms with Gasteiger partial charge in [0.2, 0.25) is 5.91 Å². The van der Waals surface area contributed by atoms with Crippen LogP contribution >= 0.6 is 0 Å². The predicted octanol–water partition coefficient (Wildman–Crippen LogP) is 3.02. The summed E-state index contributed by atoms with van der Waals surface area (Å²) in [5.41, 5.74) is -6.15. The average molecular weight is 353 g/mol. The number of alkyl halides is 11. The van der Waals surface area contributed by atoms with Crippen LogP contribution in [0.3, 0.4) is 0 Å². The first-order valence-electron chi connectivity index (χ1n) is 5.24.